The minimum absolute atomic E-state index is 0. The minimum Gasteiger partial charge on any atom is -0.330 e. The fraction of sp³-hybridized carbons (Fsp3) is 0.615. The van der Waals surface area contributed by atoms with Crippen molar-refractivity contribution in [3.05, 3.63) is 29.6 Å². The smallest absolute Gasteiger partial charge is 0.0573 e. The SMILES string of the molecule is Cc1cccnc1CN1CCCC(CN)C1.Cl. The Bertz CT molecular complexity index is 343. The van der Waals surface area contributed by atoms with Gasteiger partial charge in [0.15, 0.2) is 0 Å². The fourth-order valence-electron chi connectivity index (χ4n) is 2.38. The van der Waals surface area contributed by atoms with E-state index in [0.29, 0.717) is 5.92 Å². The summed E-state index contributed by atoms with van der Waals surface area (Å²) in [5.41, 5.74) is 8.24. The maximum atomic E-state index is 5.75. The molecule has 2 N–H and O–H groups in total. The van der Waals surface area contributed by atoms with Gasteiger partial charge in [-0.2, -0.15) is 0 Å². The molecule has 1 saturated heterocycles. The third kappa shape index (κ3) is 3.95. The Labute approximate surface area is 110 Å². The number of halogens is 1. The van der Waals surface area contributed by atoms with E-state index < -0.39 is 0 Å². The second-order valence-electron chi connectivity index (χ2n) is 4.75. The second kappa shape index (κ2) is 6.94. The molecule has 1 atom stereocenters. The van der Waals surface area contributed by atoms with E-state index in [1.165, 1.54) is 30.6 Å². The predicted molar refractivity (Wildman–Crippen MR) is 73.3 cm³/mol. The number of hydrogen-bond donors (Lipinski definition) is 1. The fourth-order valence-corrected chi connectivity index (χ4v) is 2.38. The maximum absolute atomic E-state index is 5.75. The van der Waals surface area contributed by atoms with Crippen molar-refractivity contribution in [2.75, 3.05) is 19.6 Å². The van der Waals surface area contributed by atoms with Crippen molar-refractivity contribution < 1.29 is 0 Å². The van der Waals surface area contributed by atoms with Gasteiger partial charge in [-0.05, 0) is 50.4 Å². The van der Waals surface area contributed by atoms with Crippen LogP contribution in [-0.2, 0) is 6.54 Å². The Morgan fingerprint density at radius 2 is 2.35 bits per heavy atom. The molecule has 0 aliphatic carbocycles. The van der Waals surface area contributed by atoms with Crippen molar-refractivity contribution in [3.63, 3.8) is 0 Å². The molecule has 0 radical (unpaired) electrons. The summed E-state index contributed by atoms with van der Waals surface area (Å²) >= 11 is 0. The Morgan fingerprint density at radius 1 is 1.53 bits per heavy atom. The maximum Gasteiger partial charge on any atom is 0.0573 e. The first-order valence-electron chi connectivity index (χ1n) is 6.12. The highest BCUT2D eigenvalue weighted by Crippen LogP contribution is 2.17. The first-order chi connectivity index (χ1) is 7.79. The van der Waals surface area contributed by atoms with E-state index in [1.54, 1.807) is 0 Å². The zero-order valence-electron chi connectivity index (χ0n) is 10.4. The lowest BCUT2D eigenvalue weighted by atomic mass is 9.98. The zero-order valence-corrected chi connectivity index (χ0v) is 11.2. The Morgan fingerprint density at radius 3 is 3.06 bits per heavy atom. The Kier molecular flexibility index (Phi) is 5.89. The van der Waals surface area contributed by atoms with Gasteiger partial charge in [0, 0.05) is 19.3 Å². The highest BCUT2D eigenvalue weighted by atomic mass is 35.5. The lowest BCUT2D eigenvalue weighted by molar-refractivity contribution is 0.169. The van der Waals surface area contributed by atoms with Crippen LogP contribution in [0.1, 0.15) is 24.1 Å². The molecule has 96 valence electrons. The lowest BCUT2D eigenvalue weighted by Gasteiger charge is -2.32. The van der Waals surface area contributed by atoms with Gasteiger partial charge in [0.25, 0.3) is 0 Å². The molecule has 1 aliphatic rings. The van der Waals surface area contributed by atoms with Gasteiger partial charge in [0.2, 0.25) is 0 Å². The van der Waals surface area contributed by atoms with Crippen molar-refractivity contribution in [2.45, 2.75) is 26.3 Å². The summed E-state index contributed by atoms with van der Waals surface area (Å²) in [7, 11) is 0. The summed E-state index contributed by atoms with van der Waals surface area (Å²) in [4.78, 5) is 6.93. The van der Waals surface area contributed by atoms with Gasteiger partial charge in [0.05, 0.1) is 5.69 Å². The second-order valence-corrected chi connectivity index (χ2v) is 4.75. The summed E-state index contributed by atoms with van der Waals surface area (Å²) in [6, 6.07) is 4.13. The molecular weight excluding hydrogens is 234 g/mol. The number of pyridine rings is 1. The minimum atomic E-state index is 0. The van der Waals surface area contributed by atoms with Gasteiger partial charge in [-0.15, -0.1) is 12.4 Å². The van der Waals surface area contributed by atoms with Crippen LogP contribution in [0.3, 0.4) is 0 Å². The first kappa shape index (κ1) is 14.4. The van der Waals surface area contributed by atoms with Gasteiger partial charge in [-0.25, -0.2) is 0 Å². The number of aryl methyl sites for hydroxylation is 1. The number of rotatable bonds is 3. The van der Waals surface area contributed by atoms with E-state index >= 15 is 0 Å². The molecule has 2 heterocycles. The summed E-state index contributed by atoms with van der Waals surface area (Å²) < 4.78 is 0. The molecule has 0 saturated carbocycles. The van der Waals surface area contributed by atoms with Gasteiger partial charge < -0.3 is 5.73 Å². The molecule has 1 fully saturated rings. The van der Waals surface area contributed by atoms with Crippen molar-refractivity contribution in [2.24, 2.45) is 11.7 Å². The zero-order chi connectivity index (χ0) is 11.4. The molecule has 17 heavy (non-hydrogen) atoms. The van der Waals surface area contributed by atoms with Crippen LogP contribution in [-0.4, -0.2) is 29.5 Å². The molecule has 2 rings (SSSR count). The number of aromatic nitrogens is 1. The molecule has 1 aliphatic heterocycles. The van der Waals surface area contributed by atoms with Crippen LogP contribution in [0.2, 0.25) is 0 Å². The largest absolute Gasteiger partial charge is 0.330 e. The average molecular weight is 256 g/mol. The molecular formula is C13H22ClN3. The summed E-state index contributed by atoms with van der Waals surface area (Å²) in [6.07, 6.45) is 4.44. The molecule has 3 nitrogen and oxygen atoms in total. The highest BCUT2D eigenvalue weighted by molar-refractivity contribution is 5.85. The highest BCUT2D eigenvalue weighted by Gasteiger charge is 2.19. The van der Waals surface area contributed by atoms with Gasteiger partial charge >= 0.3 is 0 Å². The molecule has 1 aromatic rings. The van der Waals surface area contributed by atoms with E-state index in [4.69, 9.17) is 5.73 Å². The number of nitrogens with zero attached hydrogens (tertiary/aromatic N) is 2. The number of hydrogen-bond acceptors (Lipinski definition) is 3. The summed E-state index contributed by atoms with van der Waals surface area (Å²) in [5.74, 6) is 0.678. The van der Waals surface area contributed by atoms with Crippen LogP contribution < -0.4 is 5.73 Å². The number of likely N-dealkylation sites (tertiary alicyclic amines) is 1. The quantitative estimate of drug-likeness (QED) is 0.898. The molecule has 1 unspecified atom stereocenters. The van der Waals surface area contributed by atoms with E-state index in [-0.39, 0.29) is 12.4 Å². The molecule has 0 amide bonds. The van der Waals surface area contributed by atoms with Crippen molar-refractivity contribution >= 4 is 12.4 Å². The van der Waals surface area contributed by atoms with E-state index in [1.807, 2.05) is 12.3 Å². The van der Waals surface area contributed by atoms with E-state index in [0.717, 1.165) is 19.6 Å². The summed E-state index contributed by atoms with van der Waals surface area (Å²) in [6.45, 7) is 6.24. The lowest BCUT2D eigenvalue weighted by Crippen LogP contribution is -2.38. The van der Waals surface area contributed by atoms with Crippen LogP contribution in [0, 0.1) is 12.8 Å². The molecule has 4 heteroatoms. The molecule has 0 aromatic carbocycles. The van der Waals surface area contributed by atoms with E-state index in [9.17, 15) is 0 Å². The van der Waals surface area contributed by atoms with Crippen LogP contribution in [0.25, 0.3) is 0 Å². The van der Waals surface area contributed by atoms with Gasteiger partial charge in [0.1, 0.15) is 0 Å². The van der Waals surface area contributed by atoms with Crippen molar-refractivity contribution in [1.29, 1.82) is 0 Å². The topological polar surface area (TPSA) is 42.2 Å². The first-order valence-corrected chi connectivity index (χ1v) is 6.12. The molecule has 0 spiro atoms. The number of piperidine rings is 1. The van der Waals surface area contributed by atoms with Crippen LogP contribution in [0.4, 0.5) is 0 Å². The molecule has 0 bridgehead atoms. The summed E-state index contributed by atoms with van der Waals surface area (Å²) in [5, 5.41) is 0. The Hall–Kier alpha value is -0.640. The van der Waals surface area contributed by atoms with Gasteiger partial charge in [-0.3, -0.25) is 9.88 Å². The van der Waals surface area contributed by atoms with Crippen molar-refractivity contribution in [1.82, 2.24) is 9.88 Å². The third-order valence-corrected chi connectivity index (χ3v) is 3.43. The van der Waals surface area contributed by atoms with E-state index in [2.05, 4.69) is 22.9 Å². The standard InChI is InChI=1S/C13H21N3.ClH/c1-11-4-2-6-15-13(11)10-16-7-3-5-12(8-14)9-16;/h2,4,6,12H,3,5,7-10,14H2,1H3;1H. The monoisotopic (exact) mass is 255 g/mol. The molecule has 1 aromatic heterocycles. The van der Waals surface area contributed by atoms with Crippen LogP contribution in [0.15, 0.2) is 18.3 Å². The third-order valence-electron chi connectivity index (χ3n) is 3.43. The van der Waals surface area contributed by atoms with Crippen molar-refractivity contribution in [3.8, 4) is 0 Å². The predicted octanol–water partition coefficient (Wildman–Crippen LogP) is 1.98. The normalized spacial score (nSPS) is 20.9. The number of nitrogens with two attached hydrogens (primary N) is 1. The van der Waals surface area contributed by atoms with Gasteiger partial charge in [-0.1, -0.05) is 6.07 Å². The average Bonchev–Trinajstić information content (AvgIpc) is 2.32. The Balaban J connectivity index is 0.00000144. The van der Waals surface area contributed by atoms with Crippen LogP contribution in [0.5, 0.6) is 0 Å². The van der Waals surface area contributed by atoms with Crippen LogP contribution >= 0.6 is 12.4 Å².